The molecule has 0 spiro atoms. The molecule has 146 valence electrons. The summed E-state index contributed by atoms with van der Waals surface area (Å²) in [5.74, 6) is -0.712. The maximum absolute atomic E-state index is 13.3. The molecule has 2 amide bonds. The average Bonchev–Trinajstić information content (AvgIpc) is 2.96. The van der Waals surface area contributed by atoms with Gasteiger partial charge in [-0.05, 0) is 43.4 Å². The Morgan fingerprint density at radius 2 is 2.22 bits per heavy atom. The molecule has 2 aliphatic rings. The van der Waals surface area contributed by atoms with Gasteiger partial charge in [-0.15, -0.1) is 0 Å². The number of ether oxygens (including phenoxy) is 2. The third-order valence-corrected chi connectivity index (χ3v) is 5.15. The van der Waals surface area contributed by atoms with Crippen molar-refractivity contribution in [3.63, 3.8) is 0 Å². The molecule has 1 heterocycles. The van der Waals surface area contributed by atoms with Gasteiger partial charge in [0.2, 0.25) is 0 Å². The summed E-state index contributed by atoms with van der Waals surface area (Å²) in [5.41, 5.74) is 0.770. The molecule has 1 atom stereocenters. The lowest BCUT2D eigenvalue weighted by Crippen LogP contribution is -2.41. The van der Waals surface area contributed by atoms with Gasteiger partial charge in [0.05, 0.1) is 11.6 Å². The van der Waals surface area contributed by atoms with E-state index in [4.69, 9.17) is 21.1 Å². The fourth-order valence-corrected chi connectivity index (χ4v) is 3.10. The Morgan fingerprint density at radius 3 is 2.89 bits per heavy atom. The molecular formula is C19H22ClFN2O4. The maximum Gasteiger partial charge on any atom is 0.410 e. The lowest BCUT2D eigenvalue weighted by molar-refractivity contribution is -0.123. The van der Waals surface area contributed by atoms with E-state index in [9.17, 15) is 14.0 Å². The van der Waals surface area contributed by atoms with Crippen molar-refractivity contribution in [3.05, 3.63) is 41.2 Å². The van der Waals surface area contributed by atoms with Gasteiger partial charge in [-0.1, -0.05) is 18.2 Å². The number of halogens is 2. The van der Waals surface area contributed by atoms with Crippen molar-refractivity contribution in [1.29, 1.82) is 0 Å². The highest BCUT2D eigenvalue weighted by Gasteiger charge is 2.39. The Balaban J connectivity index is 1.35. The van der Waals surface area contributed by atoms with E-state index in [0.29, 0.717) is 25.6 Å². The summed E-state index contributed by atoms with van der Waals surface area (Å²) >= 11 is 5.59. The van der Waals surface area contributed by atoms with Gasteiger partial charge in [0.1, 0.15) is 17.7 Å². The second-order valence-corrected chi connectivity index (χ2v) is 7.14. The summed E-state index contributed by atoms with van der Waals surface area (Å²) in [6.45, 7) is 4.63. The highest BCUT2D eigenvalue weighted by molar-refractivity contribution is 6.30. The van der Waals surface area contributed by atoms with Crippen molar-refractivity contribution in [1.82, 2.24) is 10.2 Å². The number of nitrogens with zero attached hydrogens (tertiary/aromatic N) is 1. The first-order chi connectivity index (χ1) is 12.9. The number of cyclic esters (lactones) is 1. The van der Waals surface area contributed by atoms with Gasteiger partial charge in [0, 0.05) is 18.7 Å². The van der Waals surface area contributed by atoms with Gasteiger partial charge in [-0.3, -0.25) is 4.79 Å². The fraction of sp³-hybridized carbons (Fsp3) is 0.474. The van der Waals surface area contributed by atoms with Crippen LogP contribution in [0.1, 0.15) is 25.7 Å². The minimum absolute atomic E-state index is 0.00574. The van der Waals surface area contributed by atoms with Crippen molar-refractivity contribution in [2.75, 3.05) is 19.7 Å². The van der Waals surface area contributed by atoms with Crippen LogP contribution >= 0.6 is 11.6 Å². The van der Waals surface area contributed by atoms with Gasteiger partial charge < -0.3 is 19.7 Å². The van der Waals surface area contributed by atoms with Crippen molar-refractivity contribution in [2.45, 2.75) is 37.8 Å². The molecule has 0 unspecified atom stereocenters. The zero-order chi connectivity index (χ0) is 19.4. The molecule has 8 heteroatoms. The van der Waals surface area contributed by atoms with E-state index in [-0.39, 0.29) is 35.5 Å². The SMILES string of the molecule is C=C(CCNC(=O)COc1ccc(Cl)c(F)c1)[C@@H]1CN(C2CCC2)C(=O)O1. The zero-order valence-electron chi connectivity index (χ0n) is 14.9. The molecule has 1 saturated carbocycles. The normalized spacial score (nSPS) is 19.4. The number of hydrogen-bond donors (Lipinski definition) is 1. The van der Waals surface area contributed by atoms with Crippen LogP contribution in [0.4, 0.5) is 9.18 Å². The summed E-state index contributed by atoms with van der Waals surface area (Å²) in [7, 11) is 0. The summed E-state index contributed by atoms with van der Waals surface area (Å²) < 4.78 is 23.9. The van der Waals surface area contributed by atoms with Crippen molar-refractivity contribution >= 4 is 23.6 Å². The molecule has 1 aliphatic carbocycles. The van der Waals surface area contributed by atoms with Crippen LogP contribution in [-0.4, -0.2) is 48.7 Å². The Morgan fingerprint density at radius 1 is 1.44 bits per heavy atom. The standard InChI is InChI=1S/C19H22ClFN2O4/c1-12(17-10-23(19(25)27-17)13-3-2-4-13)7-8-22-18(24)11-26-14-5-6-15(20)16(21)9-14/h5-6,9,13,17H,1-4,7-8,10-11H2,(H,22,24)/t17-/m0/s1. The molecule has 6 nitrogen and oxygen atoms in total. The lowest BCUT2D eigenvalue weighted by atomic mass is 9.91. The first-order valence-corrected chi connectivity index (χ1v) is 9.31. The van der Waals surface area contributed by atoms with Crippen molar-refractivity contribution in [3.8, 4) is 5.75 Å². The van der Waals surface area contributed by atoms with E-state index in [1.807, 2.05) is 0 Å². The molecule has 1 aromatic rings. The molecular weight excluding hydrogens is 375 g/mol. The van der Waals surface area contributed by atoms with Crippen LogP contribution in [0.2, 0.25) is 5.02 Å². The predicted octanol–water partition coefficient (Wildman–Crippen LogP) is 3.29. The second-order valence-electron chi connectivity index (χ2n) is 6.73. The Bertz CT molecular complexity index is 738. The number of carbonyl (C=O) groups is 2. The minimum Gasteiger partial charge on any atom is -0.484 e. The van der Waals surface area contributed by atoms with E-state index < -0.39 is 5.82 Å². The van der Waals surface area contributed by atoms with E-state index in [1.165, 1.54) is 12.1 Å². The molecule has 1 N–H and O–H groups in total. The van der Waals surface area contributed by atoms with Crippen LogP contribution in [0, 0.1) is 5.82 Å². The number of nitrogens with one attached hydrogen (secondary N) is 1. The minimum atomic E-state index is -0.604. The summed E-state index contributed by atoms with van der Waals surface area (Å²) in [6, 6.07) is 4.27. The number of carbonyl (C=O) groups excluding carboxylic acids is 2. The first-order valence-electron chi connectivity index (χ1n) is 8.93. The number of benzene rings is 1. The van der Waals surface area contributed by atoms with Crippen LogP contribution in [0.15, 0.2) is 30.4 Å². The molecule has 1 saturated heterocycles. The third-order valence-electron chi connectivity index (χ3n) is 4.84. The van der Waals surface area contributed by atoms with Crippen molar-refractivity contribution < 1.29 is 23.5 Å². The summed E-state index contributed by atoms with van der Waals surface area (Å²) in [6.07, 6.45) is 3.10. The Labute approximate surface area is 162 Å². The van der Waals surface area contributed by atoms with Crippen LogP contribution in [0.5, 0.6) is 5.75 Å². The van der Waals surface area contributed by atoms with Crippen LogP contribution in [0.25, 0.3) is 0 Å². The molecule has 0 aromatic heterocycles. The average molecular weight is 397 g/mol. The molecule has 1 aliphatic heterocycles. The molecule has 0 radical (unpaired) electrons. The van der Waals surface area contributed by atoms with Gasteiger partial charge in [-0.2, -0.15) is 0 Å². The maximum atomic E-state index is 13.3. The second kappa shape index (κ2) is 8.61. The van der Waals surface area contributed by atoms with Crippen molar-refractivity contribution in [2.24, 2.45) is 0 Å². The third kappa shape index (κ3) is 4.91. The quantitative estimate of drug-likeness (QED) is 0.685. The summed E-state index contributed by atoms with van der Waals surface area (Å²) in [4.78, 5) is 25.5. The topological polar surface area (TPSA) is 67.9 Å². The van der Waals surface area contributed by atoms with E-state index in [1.54, 1.807) is 4.90 Å². The van der Waals surface area contributed by atoms with Gasteiger partial charge in [0.15, 0.2) is 6.61 Å². The van der Waals surface area contributed by atoms with Gasteiger partial charge in [0.25, 0.3) is 5.91 Å². The molecule has 27 heavy (non-hydrogen) atoms. The number of hydrogen-bond acceptors (Lipinski definition) is 4. The summed E-state index contributed by atoms with van der Waals surface area (Å²) in [5, 5.41) is 2.70. The molecule has 3 rings (SSSR count). The van der Waals surface area contributed by atoms with Gasteiger partial charge >= 0.3 is 6.09 Å². The molecule has 0 bridgehead atoms. The van der Waals surface area contributed by atoms with E-state index >= 15 is 0 Å². The highest BCUT2D eigenvalue weighted by atomic mass is 35.5. The number of rotatable bonds is 8. The Kier molecular flexibility index (Phi) is 6.21. The van der Waals surface area contributed by atoms with Crippen LogP contribution < -0.4 is 10.1 Å². The van der Waals surface area contributed by atoms with Crippen LogP contribution in [-0.2, 0) is 9.53 Å². The van der Waals surface area contributed by atoms with E-state index in [0.717, 1.165) is 30.9 Å². The smallest absolute Gasteiger partial charge is 0.410 e. The Hall–Kier alpha value is -2.28. The zero-order valence-corrected chi connectivity index (χ0v) is 15.6. The number of amides is 2. The van der Waals surface area contributed by atoms with E-state index in [2.05, 4.69) is 11.9 Å². The lowest BCUT2D eigenvalue weighted by Gasteiger charge is -2.32. The van der Waals surface area contributed by atoms with Gasteiger partial charge in [-0.25, -0.2) is 9.18 Å². The predicted molar refractivity (Wildman–Crippen MR) is 98.3 cm³/mol. The highest BCUT2D eigenvalue weighted by Crippen LogP contribution is 2.30. The van der Waals surface area contributed by atoms with Crippen LogP contribution in [0.3, 0.4) is 0 Å². The first kappa shape index (κ1) is 19.5. The molecule has 2 fully saturated rings. The largest absolute Gasteiger partial charge is 0.484 e. The molecule has 1 aromatic carbocycles. The monoisotopic (exact) mass is 396 g/mol. The fourth-order valence-electron chi connectivity index (χ4n) is 2.98.